The summed E-state index contributed by atoms with van der Waals surface area (Å²) in [5, 5.41) is 6.78. The lowest BCUT2D eigenvalue weighted by Crippen LogP contribution is -2.29. The zero-order valence-corrected chi connectivity index (χ0v) is 19.5. The number of alkyl halides is 1. The molecule has 4 rings (SSSR count). The van der Waals surface area contributed by atoms with Crippen LogP contribution >= 0.6 is 0 Å². The van der Waals surface area contributed by atoms with Crippen molar-refractivity contribution in [2.45, 2.75) is 19.3 Å². The molecule has 0 saturated carbocycles. The Labute approximate surface area is 204 Å². The van der Waals surface area contributed by atoms with Gasteiger partial charge in [-0.05, 0) is 50.2 Å². The number of hydrogen-bond donors (Lipinski definition) is 2. The standard InChI is InChI=1S/C27H28FN5O2/c1-2-20-8-6-9-21(16-20)31-27-22-17-24(25(35-15-11-28)18-23(22)29-19-30-27)32-26(34)10-7-14-33-12-4-3-5-13-33/h1,6-10,16-19H,3-5,11-15H2,(H,32,34)(H,29,30,31). The minimum atomic E-state index is -0.650. The van der Waals surface area contributed by atoms with E-state index in [9.17, 15) is 9.18 Å². The lowest BCUT2D eigenvalue weighted by atomic mass is 10.1. The van der Waals surface area contributed by atoms with Crippen LogP contribution in [0.3, 0.4) is 0 Å². The highest BCUT2D eigenvalue weighted by Gasteiger charge is 2.14. The second-order valence-corrected chi connectivity index (χ2v) is 8.23. The van der Waals surface area contributed by atoms with E-state index in [4.69, 9.17) is 11.2 Å². The Morgan fingerprint density at radius 2 is 2.06 bits per heavy atom. The van der Waals surface area contributed by atoms with E-state index in [0.717, 1.165) is 30.9 Å². The predicted molar refractivity (Wildman–Crippen MR) is 137 cm³/mol. The number of carbonyl (C=O) groups excluding carboxylic acids is 1. The van der Waals surface area contributed by atoms with Crippen LogP contribution in [0.2, 0.25) is 0 Å². The van der Waals surface area contributed by atoms with Gasteiger partial charge in [0.05, 0.1) is 11.2 Å². The van der Waals surface area contributed by atoms with Crippen molar-refractivity contribution in [1.82, 2.24) is 14.9 Å². The summed E-state index contributed by atoms with van der Waals surface area (Å²) >= 11 is 0. The third-order valence-electron chi connectivity index (χ3n) is 5.70. The van der Waals surface area contributed by atoms with E-state index in [1.807, 2.05) is 30.3 Å². The van der Waals surface area contributed by atoms with E-state index in [0.29, 0.717) is 28.2 Å². The van der Waals surface area contributed by atoms with Crippen LogP contribution in [0.5, 0.6) is 5.75 Å². The highest BCUT2D eigenvalue weighted by Crippen LogP contribution is 2.33. The first-order valence-electron chi connectivity index (χ1n) is 11.7. The molecule has 3 aromatic rings. The van der Waals surface area contributed by atoms with Gasteiger partial charge in [0, 0.05) is 35.3 Å². The number of nitrogens with one attached hydrogen (secondary N) is 2. The van der Waals surface area contributed by atoms with Gasteiger partial charge in [-0.2, -0.15) is 0 Å². The Morgan fingerprint density at radius 3 is 2.86 bits per heavy atom. The van der Waals surface area contributed by atoms with Crippen molar-refractivity contribution in [3.63, 3.8) is 0 Å². The molecule has 0 spiro atoms. The number of halogens is 1. The third-order valence-corrected chi connectivity index (χ3v) is 5.70. The van der Waals surface area contributed by atoms with Gasteiger partial charge in [-0.15, -0.1) is 6.42 Å². The average Bonchev–Trinajstić information content (AvgIpc) is 2.88. The SMILES string of the molecule is C#Cc1cccc(Nc2ncnc3cc(OCCF)c(NC(=O)C=CCN4CCCCC4)cc23)c1. The highest BCUT2D eigenvalue weighted by atomic mass is 19.1. The topological polar surface area (TPSA) is 79.4 Å². The summed E-state index contributed by atoms with van der Waals surface area (Å²) in [6.07, 6.45) is 14.0. The van der Waals surface area contributed by atoms with Gasteiger partial charge in [0.25, 0.3) is 0 Å². The molecule has 0 bridgehead atoms. The second kappa shape index (κ2) is 12.0. The molecule has 180 valence electrons. The van der Waals surface area contributed by atoms with Gasteiger partial charge in [-0.25, -0.2) is 14.4 Å². The number of carbonyl (C=O) groups is 1. The third kappa shape index (κ3) is 6.55. The van der Waals surface area contributed by atoms with Crippen molar-refractivity contribution in [1.29, 1.82) is 0 Å². The number of piperidine rings is 1. The smallest absolute Gasteiger partial charge is 0.248 e. The van der Waals surface area contributed by atoms with Gasteiger partial charge in [0.1, 0.15) is 31.2 Å². The number of fused-ring (bicyclic) bond motifs is 1. The minimum absolute atomic E-state index is 0.131. The van der Waals surface area contributed by atoms with Crippen molar-refractivity contribution in [2.75, 3.05) is 43.5 Å². The largest absolute Gasteiger partial charge is 0.489 e. The molecule has 1 aromatic heterocycles. The number of terminal acetylenes is 1. The van der Waals surface area contributed by atoms with Crippen molar-refractivity contribution < 1.29 is 13.9 Å². The van der Waals surface area contributed by atoms with Crippen LogP contribution in [0.25, 0.3) is 10.9 Å². The molecule has 8 heteroatoms. The highest BCUT2D eigenvalue weighted by molar-refractivity contribution is 6.03. The van der Waals surface area contributed by atoms with E-state index < -0.39 is 6.67 Å². The van der Waals surface area contributed by atoms with Crippen LogP contribution in [0.15, 0.2) is 54.9 Å². The van der Waals surface area contributed by atoms with Gasteiger partial charge >= 0.3 is 0 Å². The summed E-state index contributed by atoms with van der Waals surface area (Å²) < 4.78 is 18.4. The lowest BCUT2D eigenvalue weighted by molar-refractivity contribution is -0.111. The van der Waals surface area contributed by atoms with Gasteiger partial charge in [0.2, 0.25) is 5.91 Å². The van der Waals surface area contributed by atoms with E-state index >= 15 is 0 Å². The molecule has 1 amide bonds. The summed E-state index contributed by atoms with van der Waals surface area (Å²) in [5.41, 5.74) is 2.50. The molecule has 1 aliphatic rings. The maximum absolute atomic E-state index is 12.8. The maximum Gasteiger partial charge on any atom is 0.248 e. The molecule has 2 aromatic carbocycles. The first kappa shape index (κ1) is 24.2. The molecule has 7 nitrogen and oxygen atoms in total. The van der Waals surface area contributed by atoms with Gasteiger partial charge < -0.3 is 15.4 Å². The van der Waals surface area contributed by atoms with Crippen LogP contribution in [0, 0.1) is 12.3 Å². The van der Waals surface area contributed by atoms with Gasteiger partial charge in [-0.1, -0.05) is 24.5 Å². The van der Waals surface area contributed by atoms with E-state index in [2.05, 4.69) is 31.4 Å². The molecular weight excluding hydrogens is 445 g/mol. The first-order valence-corrected chi connectivity index (χ1v) is 11.7. The van der Waals surface area contributed by atoms with Crippen LogP contribution in [-0.2, 0) is 4.79 Å². The molecule has 1 aliphatic heterocycles. The number of anilines is 3. The number of aromatic nitrogens is 2. The normalized spacial score (nSPS) is 14.1. The van der Waals surface area contributed by atoms with E-state index in [1.165, 1.54) is 31.7 Å². The fourth-order valence-electron chi connectivity index (χ4n) is 4.00. The summed E-state index contributed by atoms with van der Waals surface area (Å²) in [5.74, 6) is 3.20. The molecule has 1 saturated heterocycles. The Kier molecular flexibility index (Phi) is 8.25. The zero-order chi connectivity index (χ0) is 24.5. The second-order valence-electron chi connectivity index (χ2n) is 8.23. The molecule has 1 fully saturated rings. The number of hydrogen-bond acceptors (Lipinski definition) is 6. The number of amides is 1. The Morgan fingerprint density at radius 1 is 1.20 bits per heavy atom. The molecule has 35 heavy (non-hydrogen) atoms. The van der Waals surface area contributed by atoms with Crippen molar-refractivity contribution in [2.24, 2.45) is 0 Å². The Hall–Kier alpha value is -3.96. The van der Waals surface area contributed by atoms with Gasteiger partial charge in [-0.3, -0.25) is 9.69 Å². The monoisotopic (exact) mass is 473 g/mol. The van der Waals surface area contributed by atoms with Crippen LogP contribution < -0.4 is 15.4 Å². The molecule has 0 aliphatic carbocycles. The van der Waals surface area contributed by atoms with Crippen molar-refractivity contribution in [3.8, 4) is 18.1 Å². The molecule has 2 heterocycles. The molecule has 0 unspecified atom stereocenters. The van der Waals surface area contributed by atoms with Crippen molar-refractivity contribution in [3.05, 3.63) is 60.4 Å². The number of likely N-dealkylation sites (tertiary alicyclic amines) is 1. The predicted octanol–water partition coefficient (Wildman–Crippen LogP) is 4.68. The van der Waals surface area contributed by atoms with Crippen molar-refractivity contribution >= 4 is 34.0 Å². The zero-order valence-electron chi connectivity index (χ0n) is 19.5. The summed E-state index contributed by atoms with van der Waals surface area (Å²) in [4.78, 5) is 23.7. The van der Waals surface area contributed by atoms with Crippen LogP contribution in [0.1, 0.15) is 24.8 Å². The van der Waals surface area contributed by atoms with Crippen LogP contribution in [0.4, 0.5) is 21.6 Å². The minimum Gasteiger partial charge on any atom is -0.489 e. The summed E-state index contributed by atoms with van der Waals surface area (Å²) in [6.45, 7) is 2.06. The Balaban J connectivity index is 1.58. The summed E-state index contributed by atoms with van der Waals surface area (Å²) in [7, 11) is 0. The Bertz CT molecular complexity index is 1250. The van der Waals surface area contributed by atoms with Crippen LogP contribution in [-0.4, -0.2) is 53.7 Å². The molecular formula is C27H28FN5O2. The molecule has 0 radical (unpaired) electrons. The van der Waals surface area contributed by atoms with E-state index in [-0.39, 0.29) is 12.5 Å². The number of nitrogens with zero attached hydrogens (tertiary/aromatic N) is 3. The first-order chi connectivity index (χ1) is 17.2. The quantitative estimate of drug-likeness (QED) is 0.347. The number of rotatable bonds is 9. The number of ether oxygens (including phenoxy) is 1. The average molecular weight is 474 g/mol. The molecule has 2 N–H and O–H groups in total. The molecule has 0 atom stereocenters. The number of benzene rings is 2. The maximum atomic E-state index is 12.8. The lowest BCUT2D eigenvalue weighted by Gasteiger charge is -2.24. The summed E-state index contributed by atoms with van der Waals surface area (Å²) in [6, 6.07) is 10.8. The van der Waals surface area contributed by atoms with Gasteiger partial charge in [0.15, 0.2) is 0 Å². The fraction of sp³-hybridized carbons (Fsp3) is 0.296. The van der Waals surface area contributed by atoms with E-state index in [1.54, 1.807) is 12.1 Å². The fourth-order valence-corrected chi connectivity index (χ4v) is 4.00.